The van der Waals surface area contributed by atoms with E-state index >= 15 is 0 Å². The van der Waals surface area contributed by atoms with E-state index in [0.717, 1.165) is 9.80 Å². The number of rotatable bonds is 5. The number of allylic oxidation sites excluding steroid dienone is 4. The van der Waals surface area contributed by atoms with Crippen LogP contribution in [0.5, 0.6) is 0 Å². The molecule has 1 aliphatic rings. The van der Waals surface area contributed by atoms with Gasteiger partial charge in [0.05, 0.1) is 9.81 Å². The summed E-state index contributed by atoms with van der Waals surface area (Å²) in [6.07, 6.45) is 5.73. The molecule has 1 aliphatic heterocycles. The third-order valence-electron chi connectivity index (χ3n) is 2.60. The molecule has 1 heterocycles. The SMILES string of the molecule is CC=CC=C(C)SC1=C(Sc2ccccc2)C(=O)NC1=O. The molecule has 0 radical (unpaired) electrons. The fraction of sp³-hybridized carbons (Fsp3) is 0.125. The molecule has 0 saturated carbocycles. The van der Waals surface area contributed by atoms with Gasteiger partial charge in [0.25, 0.3) is 11.8 Å². The molecule has 0 unspecified atom stereocenters. The smallest absolute Gasteiger partial charge is 0.266 e. The van der Waals surface area contributed by atoms with Gasteiger partial charge in [-0.3, -0.25) is 14.9 Å². The Morgan fingerprint density at radius 2 is 1.76 bits per heavy atom. The van der Waals surface area contributed by atoms with Crippen LogP contribution in [0.15, 0.2) is 68.2 Å². The maximum Gasteiger partial charge on any atom is 0.266 e. The fourth-order valence-corrected chi connectivity index (χ4v) is 3.55. The van der Waals surface area contributed by atoms with Crippen molar-refractivity contribution < 1.29 is 9.59 Å². The number of benzene rings is 1. The van der Waals surface area contributed by atoms with E-state index in [1.165, 1.54) is 23.5 Å². The number of hydrogen-bond acceptors (Lipinski definition) is 4. The molecule has 0 saturated heterocycles. The predicted molar refractivity (Wildman–Crippen MR) is 88.6 cm³/mol. The van der Waals surface area contributed by atoms with E-state index in [-0.39, 0.29) is 11.8 Å². The zero-order valence-corrected chi connectivity index (χ0v) is 13.4. The lowest BCUT2D eigenvalue weighted by Crippen LogP contribution is -2.22. The summed E-state index contributed by atoms with van der Waals surface area (Å²) in [5.41, 5.74) is 0. The molecule has 21 heavy (non-hydrogen) atoms. The summed E-state index contributed by atoms with van der Waals surface area (Å²) in [7, 11) is 0. The van der Waals surface area contributed by atoms with Gasteiger partial charge in [-0.05, 0) is 30.9 Å². The second-order valence-electron chi connectivity index (χ2n) is 4.26. The van der Waals surface area contributed by atoms with Crippen LogP contribution >= 0.6 is 23.5 Å². The van der Waals surface area contributed by atoms with Crippen LogP contribution in [0.25, 0.3) is 0 Å². The van der Waals surface area contributed by atoms with Crippen LogP contribution in [0, 0.1) is 0 Å². The van der Waals surface area contributed by atoms with Crippen molar-refractivity contribution in [2.24, 2.45) is 0 Å². The molecular formula is C16H15NO2S2. The van der Waals surface area contributed by atoms with Crippen LogP contribution in [0.2, 0.25) is 0 Å². The molecular weight excluding hydrogens is 302 g/mol. The molecule has 108 valence electrons. The van der Waals surface area contributed by atoms with Crippen LogP contribution in [0.4, 0.5) is 0 Å². The highest BCUT2D eigenvalue weighted by Gasteiger charge is 2.31. The number of amides is 2. The Morgan fingerprint density at radius 1 is 1.10 bits per heavy atom. The average Bonchev–Trinajstić information content (AvgIpc) is 2.73. The number of nitrogens with one attached hydrogen (secondary N) is 1. The predicted octanol–water partition coefficient (Wildman–Crippen LogP) is 3.86. The number of hydrogen-bond donors (Lipinski definition) is 1. The van der Waals surface area contributed by atoms with Gasteiger partial charge in [-0.15, -0.1) is 0 Å². The van der Waals surface area contributed by atoms with E-state index in [1.807, 2.05) is 62.4 Å². The Morgan fingerprint density at radius 3 is 2.43 bits per heavy atom. The van der Waals surface area contributed by atoms with Crippen molar-refractivity contribution in [2.75, 3.05) is 0 Å². The van der Waals surface area contributed by atoms with E-state index in [0.29, 0.717) is 9.81 Å². The average molecular weight is 317 g/mol. The monoisotopic (exact) mass is 317 g/mol. The molecule has 0 bridgehead atoms. The highest BCUT2D eigenvalue weighted by molar-refractivity contribution is 8.10. The van der Waals surface area contributed by atoms with Crippen LogP contribution < -0.4 is 5.32 Å². The number of imide groups is 1. The second kappa shape index (κ2) is 7.33. The van der Waals surface area contributed by atoms with E-state index < -0.39 is 0 Å². The molecule has 2 amide bonds. The molecule has 0 atom stereocenters. The van der Waals surface area contributed by atoms with Crippen molar-refractivity contribution in [2.45, 2.75) is 18.7 Å². The molecule has 3 nitrogen and oxygen atoms in total. The molecule has 0 aromatic heterocycles. The first kappa shape index (κ1) is 15.7. The van der Waals surface area contributed by atoms with Gasteiger partial charge in [-0.2, -0.15) is 0 Å². The van der Waals surface area contributed by atoms with Crippen molar-refractivity contribution >= 4 is 35.3 Å². The minimum absolute atomic E-state index is 0.323. The van der Waals surface area contributed by atoms with Crippen molar-refractivity contribution in [3.63, 3.8) is 0 Å². The highest BCUT2D eigenvalue weighted by atomic mass is 32.2. The van der Waals surface area contributed by atoms with Crippen molar-refractivity contribution in [1.29, 1.82) is 0 Å². The van der Waals surface area contributed by atoms with E-state index in [9.17, 15) is 9.59 Å². The van der Waals surface area contributed by atoms with Gasteiger partial charge < -0.3 is 0 Å². The maximum absolute atomic E-state index is 11.9. The normalized spacial score (nSPS) is 16.0. The molecule has 0 aliphatic carbocycles. The first-order chi connectivity index (χ1) is 10.1. The highest BCUT2D eigenvalue weighted by Crippen LogP contribution is 2.38. The van der Waals surface area contributed by atoms with Crippen molar-refractivity contribution in [3.05, 3.63) is 63.3 Å². The standard InChI is InChI=1S/C16H15NO2S2/c1-3-4-8-11(2)20-13-14(16(19)17-15(13)18)21-12-9-6-5-7-10-12/h3-10H,1-2H3,(H,17,18,19). The molecule has 0 spiro atoms. The topological polar surface area (TPSA) is 46.2 Å². The Hall–Kier alpha value is -1.72. The number of carbonyl (C=O) groups excluding carboxylic acids is 2. The van der Waals surface area contributed by atoms with Gasteiger partial charge in [0.1, 0.15) is 0 Å². The van der Waals surface area contributed by atoms with Crippen molar-refractivity contribution in [3.8, 4) is 0 Å². The molecule has 1 aromatic carbocycles. The fourth-order valence-electron chi connectivity index (χ4n) is 1.64. The van der Waals surface area contributed by atoms with Gasteiger partial charge in [0.2, 0.25) is 0 Å². The van der Waals surface area contributed by atoms with Crippen LogP contribution in [-0.4, -0.2) is 11.8 Å². The van der Waals surface area contributed by atoms with Gasteiger partial charge in [-0.25, -0.2) is 0 Å². The zero-order chi connectivity index (χ0) is 15.2. The second-order valence-corrected chi connectivity index (χ2v) is 6.60. The summed E-state index contributed by atoms with van der Waals surface area (Å²) in [5.74, 6) is -0.646. The van der Waals surface area contributed by atoms with E-state index in [2.05, 4.69) is 5.32 Å². The Bertz CT molecular complexity index is 646. The largest absolute Gasteiger partial charge is 0.287 e. The molecule has 0 fully saturated rings. The Kier molecular flexibility index (Phi) is 5.47. The van der Waals surface area contributed by atoms with Crippen LogP contribution in [0.1, 0.15) is 13.8 Å². The summed E-state index contributed by atoms with van der Waals surface area (Å²) < 4.78 is 0. The summed E-state index contributed by atoms with van der Waals surface area (Å²) in [5, 5.41) is 2.36. The van der Waals surface area contributed by atoms with E-state index in [4.69, 9.17) is 0 Å². The third-order valence-corrected chi connectivity index (χ3v) is 4.88. The Labute approximate surface area is 132 Å². The minimum atomic E-state index is -0.324. The number of carbonyl (C=O) groups is 2. The molecule has 1 aromatic rings. The summed E-state index contributed by atoms with van der Waals surface area (Å²) >= 11 is 2.64. The Balaban J connectivity index is 2.27. The maximum atomic E-state index is 11.9. The number of thioether (sulfide) groups is 2. The van der Waals surface area contributed by atoms with Crippen LogP contribution in [0.3, 0.4) is 0 Å². The van der Waals surface area contributed by atoms with Crippen LogP contribution in [-0.2, 0) is 9.59 Å². The van der Waals surface area contributed by atoms with Crippen molar-refractivity contribution in [1.82, 2.24) is 5.32 Å². The van der Waals surface area contributed by atoms with Gasteiger partial charge in [-0.1, -0.05) is 60.0 Å². The first-order valence-electron chi connectivity index (χ1n) is 6.42. The lowest BCUT2D eigenvalue weighted by Gasteiger charge is -2.03. The lowest BCUT2D eigenvalue weighted by molar-refractivity contribution is -0.123. The lowest BCUT2D eigenvalue weighted by atomic mass is 10.4. The van der Waals surface area contributed by atoms with Gasteiger partial charge in [0.15, 0.2) is 0 Å². The molecule has 2 rings (SSSR count). The van der Waals surface area contributed by atoms with Gasteiger partial charge >= 0.3 is 0 Å². The minimum Gasteiger partial charge on any atom is -0.287 e. The zero-order valence-electron chi connectivity index (χ0n) is 11.8. The summed E-state index contributed by atoms with van der Waals surface area (Å²) in [6, 6.07) is 9.55. The summed E-state index contributed by atoms with van der Waals surface area (Å²) in [4.78, 5) is 26.7. The molecule has 1 N–H and O–H groups in total. The summed E-state index contributed by atoms with van der Waals surface area (Å²) in [6.45, 7) is 3.84. The quantitative estimate of drug-likeness (QED) is 0.662. The third kappa shape index (κ3) is 4.12. The molecule has 5 heteroatoms. The van der Waals surface area contributed by atoms with Gasteiger partial charge in [0, 0.05) is 4.90 Å². The van der Waals surface area contributed by atoms with E-state index in [1.54, 1.807) is 0 Å². The first-order valence-corrected chi connectivity index (χ1v) is 8.05.